The minimum Gasteiger partial charge on any atom is -0.396 e. The Labute approximate surface area is 142 Å². The van der Waals surface area contributed by atoms with Gasteiger partial charge in [0.25, 0.3) is 0 Å². The summed E-state index contributed by atoms with van der Waals surface area (Å²) in [5.74, 6) is 1.23. The molecule has 0 saturated heterocycles. The highest BCUT2D eigenvalue weighted by Gasteiger charge is 2.08. The Hall–Kier alpha value is -2.45. The minimum atomic E-state index is 0.119. The zero-order valence-electron chi connectivity index (χ0n) is 13.1. The van der Waals surface area contributed by atoms with Crippen LogP contribution in [-0.2, 0) is 13.0 Å². The molecule has 0 atom stereocenters. The molecule has 0 unspecified atom stereocenters. The third-order valence-electron chi connectivity index (χ3n) is 3.52. The van der Waals surface area contributed by atoms with Crippen LogP contribution in [0.3, 0.4) is 0 Å². The van der Waals surface area contributed by atoms with Crippen LogP contribution in [0.5, 0.6) is 0 Å². The molecule has 2 heterocycles. The van der Waals surface area contributed by atoms with Crippen molar-refractivity contribution in [1.29, 1.82) is 0 Å². The number of benzene rings is 1. The van der Waals surface area contributed by atoms with Gasteiger partial charge >= 0.3 is 0 Å². The van der Waals surface area contributed by atoms with Crippen LogP contribution in [0.25, 0.3) is 11.0 Å². The van der Waals surface area contributed by atoms with Gasteiger partial charge in [-0.1, -0.05) is 17.8 Å². The quantitative estimate of drug-likeness (QED) is 0.342. The Kier molecular flexibility index (Phi) is 5.07. The molecule has 7 nitrogen and oxygen atoms in total. The molecular weight excluding hydrogens is 326 g/mol. The summed E-state index contributed by atoms with van der Waals surface area (Å²) in [5.41, 5.74) is 3.24. The van der Waals surface area contributed by atoms with Gasteiger partial charge in [-0.25, -0.2) is 15.0 Å². The normalized spacial score (nSPS) is 10.9. The van der Waals surface area contributed by atoms with Crippen molar-refractivity contribution in [2.45, 2.75) is 18.1 Å². The number of aliphatic hydroxyl groups excluding tert-OH is 1. The third kappa shape index (κ3) is 3.55. The number of aliphatic hydroxyl groups is 1. The van der Waals surface area contributed by atoms with Crippen molar-refractivity contribution in [2.24, 2.45) is 0 Å². The number of H-pyrrole nitrogens is 1. The molecule has 0 spiro atoms. The monoisotopic (exact) mass is 343 g/mol. The van der Waals surface area contributed by atoms with Crippen LogP contribution >= 0.6 is 11.8 Å². The van der Waals surface area contributed by atoms with Crippen LogP contribution in [0.2, 0.25) is 0 Å². The van der Waals surface area contributed by atoms with Crippen molar-refractivity contribution < 1.29 is 9.90 Å². The lowest BCUT2D eigenvalue weighted by atomic mass is 10.1. The van der Waals surface area contributed by atoms with Gasteiger partial charge < -0.3 is 15.4 Å². The number of aromatic nitrogens is 4. The highest BCUT2D eigenvalue weighted by atomic mass is 32.2. The van der Waals surface area contributed by atoms with E-state index in [-0.39, 0.29) is 6.61 Å². The van der Waals surface area contributed by atoms with Crippen molar-refractivity contribution in [1.82, 2.24) is 19.9 Å². The molecule has 0 bridgehead atoms. The number of carbonyl (C=O) groups is 1. The van der Waals surface area contributed by atoms with Crippen molar-refractivity contribution in [3.05, 3.63) is 41.3 Å². The van der Waals surface area contributed by atoms with Gasteiger partial charge in [0, 0.05) is 12.8 Å². The van der Waals surface area contributed by atoms with Crippen molar-refractivity contribution in [3.63, 3.8) is 0 Å². The number of hydrogen-bond acceptors (Lipinski definition) is 7. The summed E-state index contributed by atoms with van der Waals surface area (Å²) >= 11 is 1.41. The van der Waals surface area contributed by atoms with Crippen LogP contribution in [0.4, 0.5) is 5.82 Å². The predicted octanol–water partition coefficient (Wildman–Crippen LogP) is 2.03. The van der Waals surface area contributed by atoms with E-state index in [1.54, 1.807) is 0 Å². The third-order valence-corrected chi connectivity index (χ3v) is 4.09. The maximum absolute atomic E-state index is 11.1. The Bertz CT molecular complexity index is 865. The van der Waals surface area contributed by atoms with Crippen LogP contribution in [0, 0.1) is 0 Å². The van der Waals surface area contributed by atoms with E-state index in [1.807, 2.05) is 24.5 Å². The highest BCUT2D eigenvalue weighted by molar-refractivity contribution is 7.98. The summed E-state index contributed by atoms with van der Waals surface area (Å²) in [7, 11) is 0. The zero-order chi connectivity index (χ0) is 16.9. The molecule has 3 rings (SSSR count). The van der Waals surface area contributed by atoms with Gasteiger partial charge in [0.1, 0.15) is 11.6 Å². The van der Waals surface area contributed by atoms with Gasteiger partial charge in [-0.05, 0) is 30.4 Å². The summed E-state index contributed by atoms with van der Waals surface area (Å²) < 4.78 is 0. The number of carbonyl (C=O) groups excluding carboxylic acids is 1. The van der Waals surface area contributed by atoms with E-state index in [2.05, 4.69) is 25.3 Å². The smallest absolute Gasteiger partial charge is 0.189 e. The highest BCUT2D eigenvalue weighted by Crippen LogP contribution is 2.17. The lowest BCUT2D eigenvalue weighted by molar-refractivity contribution is 0.112. The van der Waals surface area contributed by atoms with Gasteiger partial charge in [-0.3, -0.25) is 4.79 Å². The van der Waals surface area contributed by atoms with Crippen molar-refractivity contribution in [2.75, 3.05) is 18.2 Å². The van der Waals surface area contributed by atoms with E-state index in [4.69, 9.17) is 5.11 Å². The average Bonchev–Trinajstić information content (AvgIpc) is 3.02. The van der Waals surface area contributed by atoms with E-state index >= 15 is 0 Å². The summed E-state index contributed by atoms with van der Waals surface area (Å²) in [6.45, 7) is 0.531. The average molecular weight is 343 g/mol. The number of aromatic amines is 1. The molecule has 8 heteroatoms. The number of nitrogens with zero attached hydrogens (tertiary/aromatic N) is 3. The summed E-state index contributed by atoms with van der Waals surface area (Å²) in [6.07, 6.45) is 4.73. The molecule has 0 aliphatic carbocycles. The number of nitrogens with one attached hydrogen (secondary N) is 2. The van der Waals surface area contributed by atoms with Gasteiger partial charge in [0.05, 0.1) is 23.1 Å². The second-order valence-corrected chi connectivity index (χ2v) is 5.91. The first kappa shape index (κ1) is 16.4. The first-order chi connectivity index (χ1) is 11.7. The Morgan fingerprint density at radius 2 is 2.25 bits per heavy atom. The Morgan fingerprint density at radius 3 is 3.00 bits per heavy atom. The first-order valence-corrected chi connectivity index (χ1v) is 8.64. The molecule has 0 fully saturated rings. The molecular formula is C16H17N5O2S. The van der Waals surface area contributed by atoms with E-state index in [0.29, 0.717) is 29.5 Å². The molecule has 0 aliphatic heterocycles. The maximum atomic E-state index is 11.1. The van der Waals surface area contributed by atoms with E-state index < -0.39 is 0 Å². The van der Waals surface area contributed by atoms with E-state index in [0.717, 1.165) is 28.7 Å². The van der Waals surface area contributed by atoms with Gasteiger partial charge in [0.15, 0.2) is 11.4 Å². The predicted molar refractivity (Wildman–Crippen MR) is 93.4 cm³/mol. The Morgan fingerprint density at radius 1 is 1.38 bits per heavy atom. The van der Waals surface area contributed by atoms with Gasteiger partial charge in [-0.2, -0.15) is 0 Å². The summed E-state index contributed by atoms with van der Waals surface area (Å²) in [4.78, 5) is 27.2. The molecule has 24 heavy (non-hydrogen) atoms. The molecule has 0 radical (unpaired) electrons. The molecule has 3 N–H and O–H groups in total. The number of imidazole rings is 1. The van der Waals surface area contributed by atoms with Crippen LogP contribution in [-0.4, -0.2) is 44.2 Å². The number of anilines is 1. The molecule has 124 valence electrons. The molecule has 1 aromatic carbocycles. The lowest BCUT2D eigenvalue weighted by Crippen LogP contribution is -2.07. The largest absolute Gasteiger partial charge is 0.396 e. The fraction of sp³-hybridized carbons (Fsp3) is 0.250. The van der Waals surface area contributed by atoms with Crippen LogP contribution in [0.15, 0.2) is 29.6 Å². The van der Waals surface area contributed by atoms with Crippen LogP contribution in [0.1, 0.15) is 21.7 Å². The molecule has 0 amide bonds. The fourth-order valence-electron chi connectivity index (χ4n) is 2.35. The molecule has 2 aromatic heterocycles. The van der Waals surface area contributed by atoms with Crippen molar-refractivity contribution in [3.8, 4) is 0 Å². The van der Waals surface area contributed by atoms with E-state index in [9.17, 15) is 4.79 Å². The minimum absolute atomic E-state index is 0.119. The molecule has 0 saturated carbocycles. The zero-order valence-corrected chi connectivity index (χ0v) is 13.9. The van der Waals surface area contributed by atoms with Gasteiger partial charge in [-0.15, -0.1) is 0 Å². The standard InChI is InChI=1S/C16H17N5O2S/c1-24-16-18-7-11(9-23)15(21-16)17-8-14-19-12-3-2-10(4-5-22)6-13(12)20-14/h2-3,6-7,9,22H,4-5,8H2,1H3,(H,19,20)(H,17,18,21). The summed E-state index contributed by atoms with van der Waals surface area (Å²) in [6, 6.07) is 5.86. The molecule has 3 aromatic rings. The van der Waals surface area contributed by atoms with Gasteiger partial charge in [0.2, 0.25) is 0 Å². The maximum Gasteiger partial charge on any atom is 0.189 e. The molecule has 0 aliphatic rings. The van der Waals surface area contributed by atoms with Crippen LogP contribution < -0.4 is 5.32 Å². The Balaban J connectivity index is 1.79. The number of fused-ring (bicyclic) bond motifs is 1. The number of thioether (sulfide) groups is 1. The van der Waals surface area contributed by atoms with E-state index in [1.165, 1.54) is 18.0 Å². The topological polar surface area (TPSA) is 104 Å². The lowest BCUT2D eigenvalue weighted by Gasteiger charge is -2.06. The second kappa shape index (κ2) is 7.41. The fourth-order valence-corrected chi connectivity index (χ4v) is 2.69. The number of hydrogen-bond donors (Lipinski definition) is 3. The second-order valence-electron chi connectivity index (χ2n) is 5.14. The van der Waals surface area contributed by atoms with Crippen molar-refractivity contribution >= 4 is 34.9 Å². The number of rotatable bonds is 7. The SMILES string of the molecule is CSc1ncc(C=O)c(NCc2nc3ccc(CCO)cc3[nH]2)n1. The first-order valence-electron chi connectivity index (χ1n) is 7.42. The number of aldehydes is 1. The summed E-state index contributed by atoms with van der Waals surface area (Å²) in [5, 5.41) is 12.7.